The van der Waals surface area contributed by atoms with Crippen molar-refractivity contribution in [1.82, 2.24) is 4.90 Å². The fraction of sp³-hybridized carbons (Fsp3) is 0.500. The minimum absolute atomic E-state index is 0.137. The number of hydrogen-bond donors (Lipinski definition) is 0. The van der Waals surface area contributed by atoms with Crippen LogP contribution in [0.25, 0.3) is 0 Å². The zero-order valence-electron chi connectivity index (χ0n) is 10.6. The lowest BCUT2D eigenvalue weighted by molar-refractivity contribution is 0.0160. The Labute approximate surface area is 136 Å². The molecule has 0 N–H and O–H groups in total. The highest BCUT2D eigenvalue weighted by atomic mass is 127. The first kappa shape index (κ1) is 15.3. The van der Waals surface area contributed by atoms with E-state index in [1.807, 2.05) is 29.2 Å². The van der Waals surface area contributed by atoms with Gasteiger partial charge in [-0.3, -0.25) is 4.79 Å². The predicted octanol–water partition coefficient (Wildman–Crippen LogP) is 3.31. The average Bonchev–Trinajstić information content (AvgIpc) is 2.45. The molecule has 1 heterocycles. The number of rotatable bonds is 4. The number of hydrogen-bond acceptors (Lipinski definition) is 2. The summed E-state index contributed by atoms with van der Waals surface area (Å²) in [6.07, 6.45) is 2.17. The van der Waals surface area contributed by atoms with Gasteiger partial charge in [0.05, 0.1) is 12.7 Å². The van der Waals surface area contributed by atoms with Crippen LogP contribution < -0.4 is 0 Å². The van der Waals surface area contributed by atoms with Gasteiger partial charge < -0.3 is 9.64 Å². The standard InChI is InChI=1S/C14H17BrINO2/c15-6-9-19-13-4-7-17(8-5-13)14(18)11-2-1-3-12(16)10-11/h1-3,10,13H,4-9H2. The molecular formula is C14H17BrINO2. The van der Waals surface area contributed by atoms with Crippen LogP contribution in [-0.4, -0.2) is 41.9 Å². The van der Waals surface area contributed by atoms with E-state index in [0.717, 1.165) is 47.0 Å². The van der Waals surface area contributed by atoms with Crippen molar-refractivity contribution in [1.29, 1.82) is 0 Å². The van der Waals surface area contributed by atoms with Crippen molar-refractivity contribution in [2.75, 3.05) is 25.0 Å². The maximum absolute atomic E-state index is 12.3. The topological polar surface area (TPSA) is 29.5 Å². The molecule has 1 aromatic rings. The van der Waals surface area contributed by atoms with Gasteiger partial charge in [0.25, 0.3) is 5.91 Å². The van der Waals surface area contributed by atoms with Crippen LogP contribution in [0.4, 0.5) is 0 Å². The summed E-state index contributed by atoms with van der Waals surface area (Å²) in [4.78, 5) is 14.3. The molecule has 0 aromatic heterocycles. The van der Waals surface area contributed by atoms with Crippen LogP contribution in [0.1, 0.15) is 23.2 Å². The molecule has 1 fully saturated rings. The van der Waals surface area contributed by atoms with Gasteiger partial charge in [0.2, 0.25) is 0 Å². The van der Waals surface area contributed by atoms with Gasteiger partial charge in [-0.1, -0.05) is 22.0 Å². The number of carbonyl (C=O) groups is 1. The fourth-order valence-electron chi connectivity index (χ4n) is 2.24. The molecule has 1 saturated heterocycles. The highest BCUT2D eigenvalue weighted by Gasteiger charge is 2.23. The lowest BCUT2D eigenvalue weighted by Gasteiger charge is -2.32. The van der Waals surface area contributed by atoms with E-state index in [4.69, 9.17) is 4.74 Å². The third kappa shape index (κ3) is 4.43. The molecule has 0 saturated carbocycles. The molecule has 0 radical (unpaired) electrons. The molecule has 2 rings (SSSR count). The Balaban J connectivity index is 1.89. The summed E-state index contributed by atoms with van der Waals surface area (Å²) in [6.45, 7) is 2.32. The first-order valence-corrected chi connectivity index (χ1v) is 8.63. The van der Waals surface area contributed by atoms with Crippen molar-refractivity contribution in [2.24, 2.45) is 0 Å². The van der Waals surface area contributed by atoms with Crippen molar-refractivity contribution >= 4 is 44.4 Å². The number of amides is 1. The van der Waals surface area contributed by atoms with Crippen molar-refractivity contribution in [2.45, 2.75) is 18.9 Å². The Morgan fingerprint density at radius 1 is 1.42 bits per heavy atom. The predicted molar refractivity (Wildman–Crippen MR) is 87.8 cm³/mol. The summed E-state index contributed by atoms with van der Waals surface area (Å²) in [7, 11) is 0. The van der Waals surface area contributed by atoms with E-state index in [0.29, 0.717) is 6.10 Å². The second-order valence-electron chi connectivity index (χ2n) is 4.56. The average molecular weight is 438 g/mol. The van der Waals surface area contributed by atoms with Crippen LogP contribution >= 0.6 is 38.5 Å². The summed E-state index contributed by atoms with van der Waals surface area (Å²) < 4.78 is 6.80. The van der Waals surface area contributed by atoms with Gasteiger partial charge in [0, 0.05) is 27.6 Å². The zero-order chi connectivity index (χ0) is 13.7. The summed E-state index contributed by atoms with van der Waals surface area (Å²) in [6, 6.07) is 7.76. The third-order valence-electron chi connectivity index (χ3n) is 3.23. The summed E-state index contributed by atoms with van der Waals surface area (Å²) in [5.74, 6) is 0.137. The zero-order valence-corrected chi connectivity index (χ0v) is 14.4. The fourth-order valence-corrected chi connectivity index (χ4v) is 2.97. The minimum Gasteiger partial charge on any atom is -0.377 e. The van der Waals surface area contributed by atoms with Crippen molar-refractivity contribution < 1.29 is 9.53 Å². The van der Waals surface area contributed by atoms with Crippen molar-refractivity contribution in [3.63, 3.8) is 0 Å². The van der Waals surface area contributed by atoms with Gasteiger partial charge in [-0.15, -0.1) is 0 Å². The van der Waals surface area contributed by atoms with E-state index in [2.05, 4.69) is 38.5 Å². The molecular weight excluding hydrogens is 421 g/mol. The number of alkyl halides is 1. The van der Waals surface area contributed by atoms with Crippen molar-refractivity contribution in [3.8, 4) is 0 Å². The number of likely N-dealkylation sites (tertiary alicyclic amines) is 1. The van der Waals surface area contributed by atoms with Crippen LogP contribution in [0.2, 0.25) is 0 Å². The van der Waals surface area contributed by atoms with Gasteiger partial charge >= 0.3 is 0 Å². The number of piperidine rings is 1. The Hall–Kier alpha value is -0.140. The van der Waals surface area contributed by atoms with Gasteiger partial charge in [0.1, 0.15) is 0 Å². The van der Waals surface area contributed by atoms with Gasteiger partial charge in [0.15, 0.2) is 0 Å². The van der Waals surface area contributed by atoms with E-state index in [-0.39, 0.29) is 5.91 Å². The Bertz CT molecular complexity index is 433. The highest BCUT2D eigenvalue weighted by molar-refractivity contribution is 14.1. The van der Waals surface area contributed by atoms with Crippen LogP contribution in [-0.2, 0) is 4.74 Å². The van der Waals surface area contributed by atoms with Gasteiger partial charge in [-0.05, 0) is 53.6 Å². The molecule has 1 amide bonds. The molecule has 1 aliphatic heterocycles. The smallest absolute Gasteiger partial charge is 0.253 e. The first-order chi connectivity index (χ1) is 9.20. The Morgan fingerprint density at radius 3 is 2.79 bits per heavy atom. The van der Waals surface area contributed by atoms with E-state index in [1.54, 1.807) is 0 Å². The molecule has 1 aromatic carbocycles. The maximum Gasteiger partial charge on any atom is 0.253 e. The molecule has 0 unspecified atom stereocenters. The second-order valence-corrected chi connectivity index (χ2v) is 6.60. The summed E-state index contributed by atoms with van der Waals surface area (Å²) in [5.41, 5.74) is 0.784. The second kappa shape index (κ2) is 7.59. The largest absolute Gasteiger partial charge is 0.377 e. The quantitative estimate of drug-likeness (QED) is 0.534. The van der Waals surface area contributed by atoms with E-state index in [9.17, 15) is 4.79 Å². The molecule has 3 nitrogen and oxygen atoms in total. The lowest BCUT2D eigenvalue weighted by atomic mass is 10.1. The highest BCUT2D eigenvalue weighted by Crippen LogP contribution is 2.17. The van der Waals surface area contributed by atoms with Crippen molar-refractivity contribution in [3.05, 3.63) is 33.4 Å². The molecule has 0 atom stereocenters. The van der Waals surface area contributed by atoms with Crippen LogP contribution in [0.15, 0.2) is 24.3 Å². The summed E-state index contributed by atoms with van der Waals surface area (Å²) >= 11 is 5.59. The van der Waals surface area contributed by atoms with Crippen LogP contribution in [0.3, 0.4) is 0 Å². The minimum atomic E-state index is 0.137. The Kier molecular flexibility index (Phi) is 6.09. The molecule has 19 heavy (non-hydrogen) atoms. The van der Waals surface area contributed by atoms with Crippen LogP contribution in [0, 0.1) is 3.57 Å². The number of halogens is 2. The summed E-state index contributed by atoms with van der Waals surface area (Å²) in [5, 5.41) is 0.870. The number of ether oxygens (including phenoxy) is 1. The maximum atomic E-state index is 12.3. The van der Waals surface area contributed by atoms with E-state index < -0.39 is 0 Å². The molecule has 0 aliphatic carbocycles. The molecule has 5 heteroatoms. The molecule has 104 valence electrons. The van der Waals surface area contributed by atoms with Crippen LogP contribution in [0.5, 0.6) is 0 Å². The molecule has 0 spiro atoms. The monoisotopic (exact) mass is 437 g/mol. The van der Waals surface area contributed by atoms with Gasteiger partial charge in [-0.25, -0.2) is 0 Å². The van der Waals surface area contributed by atoms with Gasteiger partial charge in [-0.2, -0.15) is 0 Å². The van der Waals surface area contributed by atoms with E-state index in [1.165, 1.54) is 0 Å². The first-order valence-electron chi connectivity index (χ1n) is 6.43. The van der Waals surface area contributed by atoms with E-state index >= 15 is 0 Å². The Morgan fingerprint density at radius 2 is 2.16 bits per heavy atom. The lowest BCUT2D eigenvalue weighted by Crippen LogP contribution is -2.41. The SMILES string of the molecule is O=C(c1cccc(I)c1)N1CCC(OCCBr)CC1. The number of benzene rings is 1. The third-order valence-corrected chi connectivity index (χ3v) is 4.23. The normalized spacial score (nSPS) is 16.6. The number of nitrogens with zero attached hydrogens (tertiary/aromatic N) is 1. The number of carbonyl (C=O) groups excluding carboxylic acids is 1. The molecule has 1 aliphatic rings. The molecule has 0 bridgehead atoms.